The van der Waals surface area contributed by atoms with E-state index in [-0.39, 0.29) is 30.7 Å². The van der Waals surface area contributed by atoms with Crippen LogP contribution in [0.5, 0.6) is 0 Å². The topological polar surface area (TPSA) is 49.6 Å². The highest BCUT2D eigenvalue weighted by molar-refractivity contribution is 5.85. The van der Waals surface area contributed by atoms with Crippen LogP contribution in [0.25, 0.3) is 0 Å². The Labute approximate surface area is 152 Å². The van der Waals surface area contributed by atoms with E-state index in [1.165, 1.54) is 19.4 Å². The van der Waals surface area contributed by atoms with Gasteiger partial charge in [-0.25, -0.2) is 0 Å². The van der Waals surface area contributed by atoms with Crippen molar-refractivity contribution in [3.8, 4) is 0 Å². The number of carbonyl (C=O) groups is 1. The summed E-state index contributed by atoms with van der Waals surface area (Å²) in [6.07, 6.45) is 3.03. The van der Waals surface area contributed by atoms with Crippen LogP contribution < -0.4 is 5.73 Å². The summed E-state index contributed by atoms with van der Waals surface area (Å²) >= 11 is 0. The number of rotatable bonds is 5. The van der Waals surface area contributed by atoms with Crippen molar-refractivity contribution in [2.45, 2.75) is 25.3 Å². The molecule has 0 radical (unpaired) electrons. The molecule has 1 aromatic carbocycles. The Morgan fingerprint density at radius 3 is 2.61 bits per heavy atom. The van der Waals surface area contributed by atoms with Gasteiger partial charge in [-0.1, -0.05) is 30.3 Å². The Hall–Kier alpha value is -0.810. The van der Waals surface area contributed by atoms with Gasteiger partial charge in [-0.2, -0.15) is 0 Å². The molecule has 0 aromatic heterocycles. The van der Waals surface area contributed by atoms with Crippen LogP contribution in [-0.2, 0) is 11.2 Å². The van der Waals surface area contributed by atoms with Crippen molar-refractivity contribution in [1.29, 1.82) is 0 Å². The number of hydrogen-bond donors (Lipinski definition) is 1. The van der Waals surface area contributed by atoms with E-state index in [0.29, 0.717) is 12.3 Å². The second kappa shape index (κ2) is 10.9. The maximum atomic E-state index is 12.4. The molecule has 1 amide bonds. The van der Waals surface area contributed by atoms with Gasteiger partial charge >= 0.3 is 0 Å². The number of carbonyl (C=O) groups excluding carboxylic acids is 1. The lowest BCUT2D eigenvalue weighted by Gasteiger charge is -2.33. The molecule has 2 N–H and O–H groups in total. The van der Waals surface area contributed by atoms with E-state index in [1.807, 2.05) is 42.3 Å². The maximum absolute atomic E-state index is 12.4. The molecule has 0 bridgehead atoms. The zero-order valence-corrected chi connectivity index (χ0v) is 15.6. The van der Waals surface area contributed by atoms with Crippen LogP contribution in [0.2, 0.25) is 0 Å². The first-order valence-corrected chi connectivity index (χ1v) is 7.79. The summed E-state index contributed by atoms with van der Waals surface area (Å²) in [5.74, 6) is 0.619. The van der Waals surface area contributed by atoms with Gasteiger partial charge in [0, 0.05) is 20.1 Å². The van der Waals surface area contributed by atoms with Gasteiger partial charge in [-0.15, -0.1) is 24.8 Å². The molecule has 2 unspecified atom stereocenters. The zero-order valence-electron chi connectivity index (χ0n) is 14.0. The summed E-state index contributed by atoms with van der Waals surface area (Å²) in [6, 6.07) is 9.52. The molecular formula is C17H29Cl2N3O. The molecule has 0 spiro atoms. The summed E-state index contributed by atoms with van der Waals surface area (Å²) in [6.45, 7) is 3.05. The van der Waals surface area contributed by atoms with Crippen molar-refractivity contribution in [3.63, 3.8) is 0 Å². The molecule has 1 aliphatic heterocycles. The van der Waals surface area contributed by atoms with Gasteiger partial charge in [0.05, 0.1) is 6.04 Å². The highest BCUT2D eigenvalue weighted by Crippen LogP contribution is 2.16. The Balaban J connectivity index is 0.00000242. The van der Waals surface area contributed by atoms with Gasteiger partial charge in [-0.05, 0) is 44.3 Å². The highest BCUT2D eigenvalue weighted by Gasteiger charge is 2.23. The molecule has 0 saturated carbocycles. The monoisotopic (exact) mass is 361 g/mol. The van der Waals surface area contributed by atoms with E-state index in [9.17, 15) is 4.79 Å². The van der Waals surface area contributed by atoms with Crippen molar-refractivity contribution in [1.82, 2.24) is 9.80 Å². The zero-order chi connectivity index (χ0) is 15.2. The lowest BCUT2D eigenvalue weighted by Crippen LogP contribution is -2.46. The van der Waals surface area contributed by atoms with Gasteiger partial charge in [0.15, 0.2) is 0 Å². The van der Waals surface area contributed by atoms with Gasteiger partial charge in [0.25, 0.3) is 0 Å². The lowest BCUT2D eigenvalue weighted by atomic mass is 9.97. The molecule has 1 aromatic rings. The highest BCUT2D eigenvalue weighted by atomic mass is 35.5. The molecule has 1 heterocycles. The molecule has 0 aliphatic carbocycles. The molecule has 132 valence electrons. The fourth-order valence-electron chi connectivity index (χ4n) is 3.14. The van der Waals surface area contributed by atoms with Gasteiger partial charge in [-0.3, -0.25) is 4.79 Å². The van der Waals surface area contributed by atoms with E-state index in [4.69, 9.17) is 5.73 Å². The van der Waals surface area contributed by atoms with Gasteiger partial charge in [0.2, 0.25) is 5.91 Å². The number of likely N-dealkylation sites (N-methyl/N-ethyl adjacent to an activating group) is 1. The second-order valence-corrected chi connectivity index (χ2v) is 6.29. The van der Waals surface area contributed by atoms with Crippen molar-refractivity contribution in [3.05, 3.63) is 35.9 Å². The minimum atomic E-state index is -0.446. The number of hydrogen-bond acceptors (Lipinski definition) is 3. The molecule has 1 fully saturated rings. The average Bonchev–Trinajstić information content (AvgIpc) is 2.47. The van der Waals surface area contributed by atoms with Crippen LogP contribution in [0.15, 0.2) is 30.3 Å². The van der Waals surface area contributed by atoms with Crippen LogP contribution in [0.3, 0.4) is 0 Å². The number of nitrogens with two attached hydrogens (primary N) is 1. The molecule has 4 nitrogen and oxygen atoms in total. The third-order valence-corrected chi connectivity index (χ3v) is 4.25. The van der Waals surface area contributed by atoms with Crippen molar-refractivity contribution < 1.29 is 4.79 Å². The summed E-state index contributed by atoms with van der Waals surface area (Å²) in [4.78, 5) is 16.6. The molecule has 23 heavy (non-hydrogen) atoms. The summed E-state index contributed by atoms with van der Waals surface area (Å²) in [5.41, 5.74) is 7.20. The van der Waals surface area contributed by atoms with Crippen LogP contribution in [-0.4, -0.2) is 55.5 Å². The number of likely N-dealkylation sites (tertiary alicyclic amines) is 1. The number of piperidine rings is 1. The predicted octanol–water partition coefficient (Wildman–Crippen LogP) is 2.20. The number of nitrogens with zero attached hydrogens (tertiary/aromatic N) is 2. The van der Waals surface area contributed by atoms with Crippen molar-refractivity contribution >= 4 is 30.7 Å². The number of halogens is 2. The van der Waals surface area contributed by atoms with Crippen LogP contribution >= 0.6 is 24.8 Å². The molecule has 1 saturated heterocycles. The standard InChI is InChI=1S/C17H27N3O.2ClH/c1-19-10-6-9-15(12-19)13-20(2)17(21)16(18)11-14-7-4-3-5-8-14;;/h3-5,7-8,15-16H,6,9-13,18H2,1-2H3;2*1H. The molecular weight excluding hydrogens is 333 g/mol. The quantitative estimate of drug-likeness (QED) is 0.874. The average molecular weight is 362 g/mol. The third kappa shape index (κ3) is 7.08. The Kier molecular flexibility index (Phi) is 10.5. The van der Waals surface area contributed by atoms with E-state index in [1.54, 1.807) is 0 Å². The first-order valence-electron chi connectivity index (χ1n) is 7.79. The predicted molar refractivity (Wildman–Crippen MR) is 100 cm³/mol. The molecule has 2 rings (SSSR count). The third-order valence-electron chi connectivity index (χ3n) is 4.25. The first-order chi connectivity index (χ1) is 10.1. The van der Waals surface area contributed by atoms with E-state index in [2.05, 4.69) is 11.9 Å². The van der Waals surface area contributed by atoms with Crippen molar-refractivity contribution in [2.75, 3.05) is 33.7 Å². The number of amides is 1. The van der Waals surface area contributed by atoms with E-state index in [0.717, 1.165) is 18.7 Å². The van der Waals surface area contributed by atoms with Crippen LogP contribution in [0.1, 0.15) is 18.4 Å². The van der Waals surface area contributed by atoms with Crippen LogP contribution in [0, 0.1) is 5.92 Å². The fraction of sp³-hybridized carbons (Fsp3) is 0.588. The largest absolute Gasteiger partial charge is 0.344 e. The molecule has 6 heteroatoms. The van der Waals surface area contributed by atoms with E-state index < -0.39 is 6.04 Å². The lowest BCUT2D eigenvalue weighted by molar-refractivity contribution is -0.132. The Morgan fingerprint density at radius 2 is 2.00 bits per heavy atom. The fourth-order valence-corrected chi connectivity index (χ4v) is 3.14. The van der Waals surface area contributed by atoms with Gasteiger partial charge < -0.3 is 15.5 Å². The normalized spacial score (nSPS) is 19.2. The SMILES string of the molecule is CN1CCCC(CN(C)C(=O)C(N)Cc2ccccc2)C1.Cl.Cl. The molecule has 2 atom stereocenters. The minimum Gasteiger partial charge on any atom is -0.344 e. The summed E-state index contributed by atoms with van der Waals surface area (Å²) in [5, 5.41) is 0. The van der Waals surface area contributed by atoms with Crippen LogP contribution in [0.4, 0.5) is 0 Å². The second-order valence-electron chi connectivity index (χ2n) is 6.29. The number of benzene rings is 1. The Morgan fingerprint density at radius 1 is 1.35 bits per heavy atom. The smallest absolute Gasteiger partial charge is 0.239 e. The maximum Gasteiger partial charge on any atom is 0.239 e. The van der Waals surface area contributed by atoms with E-state index >= 15 is 0 Å². The van der Waals surface area contributed by atoms with Crippen molar-refractivity contribution in [2.24, 2.45) is 11.7 Å². The van der Waals surface area contributed by atoms with Gasteiger partial charge in [0.1, 0.15) is 0 Å². The first kappa shape index (κ1) is 22.2. The summed E-state index contributed by atoms with van der Waals surface area (Å²) < 4.78 is 0. The molecule has 1 aliphatic rings. The summed E-state index contributed by atoms with van der Waals surface area (Å²) in [7, 11) is 4.02. The Bertz CT molecular complexity index is 458. The minimum absolute atomic E-state index is 0.